The fourth-order valence-electron chi connectivity index (χ4n) is 3.39. The number of anilines is 1. The molecule has 1 amide bonds. The lowest BCUT2D eigenvalue weighted by molar-refractivity contribution is 0.0916. The number of hydrogen-bond donors (Lipinski definition) is 2. The van der Waals surface area contributed by atoms with Gasteiger partial charge in [-0.2, -0.15) is 0 Å². The highest BCUT2D eigenvalue weighted by Gasteiger charge is 2.34. The first-order valence-corrected chi connectivity index (χ1v) is 7.84. The maximum atomic E-state index is 12.2. The standard InChI is InChI=1S/C16H26N4O/c1-12(2)10-16(8-4-5-9-16)11-18-15(21)13-6-7-14(17-3)20-19-13/h6-7,12H,4-5,8-11H2,1-3H3,(H,17,20)(H,18,21). The fraction of sp³-hybridized carbons (Fsp3) is 0.688. The van der Waals surface area contributed by atoms with Crippen LogP contribution >= 0.6 is 0 Å². The minimum absolute atomic E-state index is 0.125. The van der Waals surface area contributed by atoms with Crippen LogP contribution < -0.4 is 10.6 Å². The highest BCUT2D eigenvalue weighted by molar-refractivity contribution is 5.92. The molecule has 0 aliphatic heterocycles. The van der Waals surface area contributed by atoms with Crippen LogP contribution in [-0.4, -0.2) is 29.7 Å². The maximum Gasteiger partial charge on any atom is 0.271 e. The summed E-state index contributed by atoms with van der Waals surface area (Å²) in [7, 11) is 1.78. The van der Waals surface area contributed by atoms with Gasteiger partial charge in [0.2, 0.25) is 0 Å². The summed E-state index contributed by atoms with van der Waals surface area (Å²) in [6, 6.07) is 3.47. The Bertz CT molecular complexity index is 464. The van der Waals surface area contributed by atoms with Crippen LogP contribution in [0.25, 0.3) is 0 Å². The normalized spacial score (nSPS) is 17.0. The summed E-state index contributed by atoms with van der Waals surface area (Å²) in [5.41, 5.74) is 0.661. The summed E-state index contributed by atoms with van der Waals surface area (Å²) in [4.78, 5) is 12.2. The molecular weight excluding hydrogens is 264 g/mol. The van der Waals surface area contributed by atoms with Crippen molar-refractivity contribution in [1.29, 1.82) is 0 Å². The number of hydrogen-bond acceptors (Lipinski definition) is 4. The van der Waals surface area contributed by atoms with Crippen LogP contribution in [0.3, 0.4) is 0 Å². The van der Waals surface area contributed by atoms with Crippen LogP contribution in [0.1, 0.15) is 56.4 Å². The van der Waals surface area contributed by atoms with E-state index in [0.717, 1.165) is 6.54 Å². The van der Waals surface area contributed by atoms with E-state index < -0.39 is 0 Å². The molecule has 1 heterocycles. The van der Waals surface area contributed by atoms with Gasteiger partial charge in [-0.1, -0.05) is 26.7 Å². The topological polar surface area (TPSA) is 66.9 Å². The van der Waals surface area contributed by atoms with E-state index >= 15 is 0 Å². The number of nitrogens with one attached hydrogen (secondary N) is 2. The molecule has 1 aliphatic carbocycles. The Balaban J connectivity index is 1.95. The van der Waals surface area contributed by atoms with Crippen LogP contribution in [-0.2, 0) is 0 Å². The molecule has 1 fully saturated rings. The summed E-state index contributed by atoms with van der Waals surface area (Å²) in [5.74, 6) is 1.20. The number of amides is 1. The number of nitrogens with zero attached hydrogens (tertiary/aromatic N) is 2. The van der Waals surface area contributed by atoms with Crippen LogP contribution in [0.2, 0.25) is 0 Å². The van der Waals surface area contributed by atoms with Gasteiger partial charge in [0.15, 0.2) is 5.69 Å². The molecule has 0 aromatic carbocycles. The third-order valence-corrected chi connectivity index (χ3v) is 4.28. The predicted octanol–water partition coefficient (Wildman–Crippen LogP) is 2.85. The lowest BCUT2D eigenvalue weighted by atomic mass is 9.78. The van der Waals surface area contributed by atoms with E-state index in [9.17, 15) is 4.79 Å². The second kappa shape index (κ2) is 6.87. The molecule has 5 nitrogen and oxygen atoms in total. The van der Waals surface area contributed by atoms with E-state index in [1.807, 2.05) is 0 Å². The number of aromatic nitrogens is 2. The lowest BCUT2D eigenvalue weighted by Crippen LogP contribution is -2.37. The lowest BCUT2D eigenvalue weighted by Gasteiger charge is -2.31. The van der Waals surface area contributed by atoms with Gasteiger partial charge >= 0.3 is 0 Å². The molecule has 1 saturated carbocycles. The van der Waals surface area contributed by atoms with E-state index in [1.165, 1.54) is 32.1 Å². The van der Waals surface area contributed by atoms with Gasteiger partial charge in [0.1, 0.15) is 5.82 Å². The molecule has 2 rings (SSSR count). The van der Waals surface area contributed by atoms with Crippen molar-refractivity contribution in [2.75, 3.05) is 18.9 Å². The van der Waals surface area contributed by atoms with Gasteiger partial charge in [-0.25, -0.2) is 0 Å². The summed E-state index contributed by atoms with van der Waals surface area (Å²) in [5, 5.41) is 13.9. The number of carbonyl (C=O) groups excluding carboxylic acids is 1. The molecule has 5 heteroatoms. The fourth-order valence-corrected chi connectivity index (χ4v) is 3.39. The zero-order valence-electron chi connectivity index (χ0n) is 13.3. The highest BCUT2D eigenvalue weighted by atomic mass is 16.1. The van der Waals surface area contributed by atoms with Crippen LogP contribution in [0, 0.1) is 11.3 Å². The summed E-state index contributed by atoms with van der Waals surface area (Å²) >= 11 is 0. The van der Waals surface area contributed by atoms with Gasteiger partial charge in [-0.05, 0) is 42.7 Å². The molecule has 0 spiro atoms. The molecule has 116 valence electrons. The second-order valence-corrected chi connectivity index (χ2v) is 6.54. The van der Waals surface area contributed by atoms with E-state index in [1.54, 1.807) is 19.2 Å². The van der Waals surface area contributed by atoms with Crippen molar-refractivity contribution in [3.8, 4) is 0 Å². The van der Waals surface area contributed by atoms with Gasteiger partial charge in [-0.15, -0.1) is 10.2 Å². The van der Waals surface area contributed by atoms with Crippen molar-refractivity contribution in [2.24, 2.45) is 11.3 Å². The Kier molecular flexibility index (Phi) is 5.15. The Morgan fingerprint density at radius 1 is 1.29 bits per heavy atom. The van der Waals surface area contributed by atoms with Gasteiger partial charge < -0.3 is 10.6 Å². The zero-order valence-corrected chi connectivity index (χ0v) is 13.3. The summed E-state index contributed by atoms with van der Waals surface area (Å²) < 4.78 is 0. The van der Waals surface area contributed by atoms with Crippen molar-refractivity contribution in [3.05, 3.63) is 17.8 Å². The number of carbonyl (C=O) groups is 1. The Labute approximate surface area is 126 Å². The Morgan fingerprint density at radius 3 is 2.52 bits per heavy atom. The van der Waals surface area contributed by atoms with Crippen molar-refractivity contribution in [1.82, 2.24) is 15.5 Å². The van der Waals surface area contributed by atoms with Crippen molar-refractivity contribution < 1.29 is 4.79 Å². The first-order valence-electron chi connectivity index (χ1n) is 7.84. The van der Waals surface area contributed by atoms with Crippen LogP contribution in [0.5, 0.6) is 0 Å². The first kappa shape index (κ1) is 15.7. The van der Waals surface area contributed by atoms with E-state index in [-0.39, 0.29) is 11.3 Å². The zero-order chi connectivity index (χ0) is 15.3. The molecule has 1 aromatic heterocycles. The SMILES string of the molecule is CNc1ccc(C(=O)NCC2(CC(C)C)CCCC2)nn1. The van der Waals surface area contributed by atoms with Gasteiger partial charge in [-0.3, -0.25) is 4.79 Å². The van der Waals surface area contributed by atoms with Crippen LogP contribution in [0.4, 0.5) is 5.82 Å². The Morgan fingerprint density at radius 2 is 2.00 bits per heavy atom. The van der Waals surface area contributed by atoms with Gasteiger partial charge in [0.25, 0.3) is 5.91 Å². The average molecular weight is 290 g/mol. The average Bonchev–Trinajstić information content (AvgIpc) is 2.93. The molecule has 1 aliphatic rings. The molecule has 1 aromatic rings. The monoisotopic (exact) mass is 290 g/mol. The quantitative estimate of drug-likeness (QED) is 0.845. The second-order valence-electron chi connectivity index (χ2n) is 6.54. The van der Waals surface area contributed by atoms with Crippen molar-refractivity contribution >= 4 is 11.7 Å². The van der Waals surface area contributed by atoms with Crippen molar-refractivity contribution in [3.63, 3.8) is 0 Å². The third kappa shape index (κ3) is 4.16. The molecular formula is C16H26N4O. The largest absolute Gasteiger partial charge is 0.372 e. The van der Waals surface area contributed by atoms with E-state index in [0.29, 0.717) is 17.4 Å². The van der Waals surface area contributed by atoms with Gasteiger partial charge in [0.05, 0.1) is 0 Å². The number of rotatable bonds is 6. The van der Waals surface area contributed by atoms with Gasteiger partial charge in [0, 0.05) is 13.6 Å². The van der Waals surface area contributed by atoms with Crippen LogP contribution in [0.15, 0.2) is 12.1 Å². The summed E-state index contributed by atoms with van der Waals surface area (Å²) in [6.45, 7) is 5.26. The smallest absolute Gasteiger partial charge is 0.271 e. The molecule has 0 saturated heterocycles. The van der Waals surface area contributed by atoms with E-state index in [2.05, 4.69) is 34.7 Å². The maximum absolute atomic E-state index is 12.2. The minimum Gasteiger partial charge on any atom is -0.372 e. The molecule has 0 bridgehead atoms. The van der Waals surface area contributed by atoms with E-state index in [4.69, 9.17) is 0 Å². The molecule has 21 heavy (non-hydrogen) atoms. The Hall–Kier alpha value is -1.65. The predicted molar refractivity (Wildman–Crippen MR) is 84.3 cm³/mol. The molecule has 0 unspecified atom stereocenters. The molecule has 0 atom stereocenters. The highest BCUT2D eigenvalue weighted by Crippen LogP contribution is 2.42. The summed E-state index contributed by atoms with van der Waals surface area (Å²) in [6.07, 6.45) is 6.17. The van der Waals surface area contributed by atoms with Crippen molar-refractivity contribution in [2.45, 2.75) is 46.0 Å². The minimum atomic E-state index is -0.125. The third-order valence-electron chi connectivity index (χ3n) is 4.28. The molecule has 2 N–H and O–H groups in total. The first-order chi connectivity index (χ1) is 10.0. The molecule has 0 radical (unpaired) electrons.